The summed E-state index contributed by atoms with van der Waals surface area (Å²) in [7, 11) is -3.42. The normalized spacial score (nSPS) is 19.7. The van der Waals surface area contributed by atoms with E-state index in [1.807, 2.05) is 0 Å². The Balaban J connectivity index is 2.86. The molecule has 0 atom stereocenters. The van der Waals surface area contributed by atoms with E-state index in [4.69, 9.17) is 46.4 Å². The Labute approximate surface area is 133 Å². The van der Waals surface area contributed by atoms with Gasteiger partial charge in [-0.3, -0.25) is 0 Å². The van der Waals surface area contributed by atoms with Crippen molar-refractivity contribution in [2.24, 2.45) is 0 Å². The quantitative estimate of drug-likeness (QED) is 0.535. The van der Waals surface area contributed by atoms with Crippen molar-refractivity contribution in [1.29, 1.82) is 0 Å². The average molecular weight is 375 g/mol. The minimum atomic E-state index is -3.42. The highest BCUT2D eigenvalue weighted by molar-refractivity contribution is 8.10. The Morgan fingerprint density at radius 2 is 1.72 bits per heavy atom. The van der Waals surface area contributed by atoms with Crippen LogP contribution in [-0.2, 0) is 10.0 Å². The molecule has 1 aliphatic carbocycles. The van der Waals surface area contributed by atoms with Crippen LogP contribution in [0.25, 0.3) is 0 Å². The molecule has 108 valence electrons. The Bertz CT molecular complexity index is 369. The molecule has 0 aromatic heterocycles. The van der Waals surface area contributed by atoms with Gasteiger partial charge >= 0.3 is 0 Å². The molecule has 1 saturated carbocycles. The van der Waals surface area contributed by atoms with Crippen LogP contribution in [-0.4, -0.2) is 32.9 Å². The number of hydrogen-bond donors (Lipinski definition) is 0. The zero-order valence-electron chi connectivity index (χ0n) is 9.78. The van der Waals surface area contributed by atoms with Crippen molar-refractivity contribution in [2.45, 2.75) is 46.6 Å². The summed E-state index contributed by atoms with van der Waals surface area (Å²) in [6.07, 6.45) is 5.87. The SMILES string of the molecule is CS(=O)(=O)N(SC(Cl)(Cl)C(Cl)Cl)C1CCCCC1. The molecule has 1 fully saturated rings. The summed E-state index contributed by atoms with van der Waals surface area (Å²) in [6, 6.07) is -0.0947. The molecular weight excluding hydrogens is 360 g/mol. The second-order valence-electron chi connectivity index (χ2n) is 4.26. The predicted octanol–water partition coefficient (Wildman–Crippen LogP) is 4.16. The first-order valence-corrected chi connectivity index (χ1v) is 9.74. The molecule has 0 spiro atoms. The van der Waals surface area contributed by atoms with Crippen molar-refractivity contribution in [1.82, 2.24) is 3.71 Å². The summed E-state index contributed by atoms with van der Waals surface area (Å²) >= 11 is 24.0. The lowest BCUT2D eigenvalue weighted by atomic mass is 9.96. The summed E-state index contributed by atoms with van der Waals surface area (Å²) in [6.45, 7) is 0. The third kappa shape index (κ3) is 5.08. The molecule has 0 saturated heterocycles. The van der Waals surface area contributed by atoms with E-state index in [0.29, 0.717) is 0 Å². The van der Waals surface area contributed by atoms with Gasteiger partial charge < -0.3 is 0 Å². The molecular formula is C9H15Cl4NO2S2. The molecule has 0 aromatic rings. The van der Waals surface area contributed by atoms with Crippen LogP contribution in [0.4, 0.5) is 0 Å². The van der Waals surface area contributed by atoms with Crippen molar-refractivity contribution in [3.8, 4) is 0 Å². The van der Waals surface area contributed by atoms with E-state index >= 15 is 0 Å². The van der Waals surface area contributed by atoms with Gasteiger partial charge in [0.2, 0.25) is 13.7 Å². The Morgan fingerprint density at radius 3 is 2.11 bits per heavy atom. The molecule has 1 rings (SSSR count). The summed E-state index contributed by atoms with van der Waals surface area (Å²) in [4.78, 5) is -1.08. The molecule has 0 heterocycles. The van der Waals surface area contributed by atoms with E-state index in [1.165, 1.54) is 3.71 Å². The highest BCUT2D eigenvalue weighted by Gasteiger charge is 2.41. The van der Waals surface area contributed by atoms with Crippen molar-refractivity contribution in [3.63, 3.8) is 0 Å². The van der Waals surface area contributed by atoms with Gasteiger partial charge in [0.25, 0.3) is 0 Å². The van der Waals surface area contributed by atoms with Gasteiger partial charge in [0.05, 0.1) is 6.26 Å². The van der Waals surface area contributed by atoms with Gasteiger partial charge in [-0.15, -0.1) is 26.9 Å². The van der Waals surface area contributed by atoms with E-state index in [-0.39, 0.29) is 6.04 Å². The molecule has 9 heteroatoms. The van der Waals surface area contributed by atoms with Gasteiger partial charge in [0.15, 0.2) is 4.84 Å². The van der Waals surface area contributed by atoms with Gasteiger partial charge in [-0.25, -0.2) is 8.42 Å². The first-order chi connectivity index (χ1) is 8.14. The average Bonchev–Trinajstić information content (AvgIpc) is 2.25. The molecule has 0 unspecified atom stereocenters. The van der Waals surface area contributed by atoms with Crippen LogP contribution in [0.2, 0.25) is 0 Å². The van der Waals surface area contributed by atoms with Crippen molar-refractivity contribution in [2.75, 3.05) is 6.26 Å². The Morgan fingerprint density at radius 1 is 1.22 bits per heavy atom. The first-order valence-electron chi connectivity index (χ1n) is 5.49. The van der Waals surface area contributed by atoms with E-state index in [2.05, 4.69) is 0 Å². The zero-order chi connectivity index (χ0) is 14.0. The maximum Gasteiger partial charge on any atom is 0.220 e. The van der Waals surface area contributed by atoms with Crippen molar-refractivity contribution in [3.05, 3.63) is 0 Å². The molecule has 0 N–H and O–H groups in total. The summed E-state index contributed by atoms with van der Waals surface area (Å²) < 4.78 is 23.3. The fraction of sp³-hybridized carbons (Fsp3) is 1.00. The number of nitrogens with zero attached hydrogens (tertiary/aromatic N) is 1. The third-order valence-electron chi connectivity index (χ3n) is 2.67. The van der Waals surface area contributed by atoms with Gasteiger partial charge in [-0.05, 0) is 24.8 Å². The number of sulfonamides is 1. The monoisotopic (exact) mass is 373 g/mol. The van der Waals surface area contributed by atoms with E-state index in [0.717, 1.165) is 50.3 Å². The Hall–Kier alpha value is 1.42. The molecule has 18 heavy (non-hydrogen) atoms. The van der Waals surface area contributed by atoms with Gasteiger partial charge in [0.1, 0.15) is 0 Å². The van der Waals surface area contributed by atoms with Crippen LogP contribution in [0.5, 0.6) is 0 Å². The number of halogens is 4. The van der Waals surface area contributed by atoms with E-state index in [1.54, 1.807) is 0 Å². The highest BCUT2D eigenvalue weighted by atomic mass is 35.5. The predicted molar refractivity (Wildman–Crippen MR) is 81.1 cm³/mol. The Kier molecular flexibility index (Phi) is 6.72. The van der Waals surface area contributed by atoms with Crippen LogP contribution >= 0.6 is 58.4 Å². The largest absolute Gasteiger partial charge is 0.220 e. The van der Waals surface area contributed by atoms with Crippen molar-refractivity contribution < 1.29 is 8.42 Å². The standard InChI is InChI=1S/C9H15Cl4NO2S2/c1-18(15,16)14(7-5-3-2-4-6-7)17-9(12,13)8(10)11/h7-8H,2-6H2,1H3. The molecule has 0 amide bonds. The summed E-state index contributed by atoms with van der Waals surface area (Å²) in [5.74, 6) is 0. The lowest BCUT2D eigenvalue weighted by Crippen LogP contribution is -2.39. The van der Waals surface area contributed by atoms with Crippen LogP contribution < -0.4 is 0 Å². The topological polar surface area (TPSA) is 37.4 Å². The first kappa shape index (κ1) is 17.5. The minimum absolute atomic E-state index is 0.0947. The van der Waals surface area contributed by atoms with Crippen LogP contribution in [0.3, 0.4) is 0 Å². The minimum Gasteiger partial charge on any atom is -0.212 e. The second kappa shape index (κ2) is 6.92. The number of rotatable bonds is 5. The number of hydrogen-bond acceptors (Lipinski definition) is 3. The molecule has 0 aliphatic heterocycles. The maximum absolute atomic E-state index is 11.8. The van der Waals surface area contributed by atoms with E-state index in [9.17, 15) is 8.42 Å². The second-order valence-corrected chi connectivity index (χ2v) is 10.5. The molecule has 0 radical (unpaired) electrons. The number of alkyl halides is 4. The van der Waals surface area contributed by atoms with Crippen LogP contribution in [0, 0.1) is 0 Å². The maximum atomic E-state index is 11.8. The lowest BCUT2D eigenvalue weighted by molar-refractivity contribution is 0.346. The highest BCUT2D eigenvalue weighted by Crippen LogP contribution is 2.47. The zero-order valence-corrected chi connectivity index (χ0v) is 14.4. The van der Waals surface area contributed by atoms with Crippen LogP contribution in [0.1, 0.15) is 32.1 Å². The molecule has 3 nitrogen and oxygen atoms in total. The fourth-order valence-corrected chi connectivity index (χ4v) is 5.12. The van der Waals surface area contributed by atoms with Gasteiger partial charge in [-0.1, -0.05) is 42.5 Å². The summed E-state index contributed by atoms with van der Waals surface area (Å²) in [5, 5.41) is 0. The van der Waals surface area contributed by atoms with Gasteiger partial charge in [0, 0.05) is 6.04 Å². The molecule has 0 aromatic carbocycles. The van der Waals surface area contributed by atoms with Crippen LogP contribution in [0.15, 0.2) is 0 Å². The smallest absolute Gasteiger partial charge is 0.212 e. The van der Waals surface area contributed by atoms with Gasteiger partial charge in [-0.2, -0.15) is 0 Å². The third-order valence-corrected chi connectivity index (χ3v) is 7.82. The fourth-order valence-electron chi connectivity index (χ4n) is 1.86. The van der Waals surface area contributed by atoms with E-state index < -0.39 is 18.5 Å². The molecule has 0 bridgehead atoms. The lowest BCUT2D eigenvalue weighted by Gasteiger charge is -2.34. The molecule has 1 aliphatic rings. The van der Waals surface area contributed by atoms with Crippen molar-refractivity contribution >= 4 is 68.4 Å². The summed E-state index contributed by atoms with van der Waals surface area (Å²) in [5.41, 5.74) is 0.